The van der Waals surface area contributed by atoms with E-state index >= 15 is 0 Å². The molecule has 0 aliphatic rings. The van der Waals surface area contributed by atoms with Crippen molar-refractivity contribution in [2.45, 2.75) is 24.7 Å². The van der Waals surface area contributed by atoms with E-state index in [-0.39, 0.29) is 10.7 Å². The Morgan fingerprint density at radius 3 is 2.27 bits per heavy atom. The van der Waals surface area contributed by atoms with Gasteiger partial charge in [0, 0.05) is 22.8 Å². The van der Waals surface area contributed by atoms with Crippen LogP contribution in [-0.2, 0) is 14.8 Å². The molecule has 30 heavy (non-hydrogen) atoms. The fourth-order valence-corrected chi connectivity index (χ4v) is 4.28. The summed E-state index contributed by atoms with van der Waals surface area (Å²) >= 11 is 5.84. The highest BCUT2D eigenvalue weighted by Crippen LogP contribution is 2.26. The van der Waals surface area contributed by atoms with Gasteiger partial charge in [-0.05, 0) is 35.7 Å². The Bertz CT molecular complexity index is 1150. The summed E-state index contributed by atoms with van der Waals surface area (Å²) in [7, 11) is -4.18. The molecule has 2 aromatic carbocycles. The molecule has 0 saturated carbocycles. The molecule has 0 radical (unpaired) electrons. The molecule has 0 unspecified atom stereocenters. The van der Waals surface area contributed by atoms with Crippen molar-refractivity contribution < 1.29 is 18.3 Å². The molecule has 1 N–H and O–H groups in total. The van der Waals surface area contributed by atoms with Gasteiger partial charge in [-0.1, -0.05) is 49.7 Å². The summed E-state index contributed by atoms with van der Waals surface area (Å²) in [6, 6.07) is 14.5. The van der Waals surface area contributed by atoms with Crippen LogP contribution in [0, 0.1) is 0 Å². The smallest absolute Gasteiger partial charge is 0.324 e. The molecule has 0 bridgehead atoms. The normalized spacial score (nSPS) is 11.5. The number of nitrogens with zero attached hydrogens (tertiary/aromatic N) is 3. The van der Waals surface area contributed by atoms with E-state index in [0.29, 0.717) is 22.3 Å². The quantitative estimate of drug-likeness (QED) is 0.584. The molecule has 7 nitrogen and oxygen atoms in total. The van der Waals surface area contributed by atoms with Gasteiger partial charge < -0.3 is 5.11 Å². The lowest BCUT2D eigenvalue weighted by Crippen LogP contribution is -2.36. The van der Waals surface area contributed by atoms with Gasteiger partial charge in [0.15, 0.2) is 5.82 Å². The summed E-state index contributed by atoms with van der Waals surface area (Å²) in [5, 5.41) is 9.67. The molecule has 156 valence electrons. The van der Waals surface area contributed by atoms with Gasteiger partial charge in [-0.25, -0.2) is 22.7 Å². The third-order valence-corrected chi connectivity index (χ3v) is 6.43. The molecule has 0 amide bonds. The van der Waals surface area contributed by atoms with Crippen LogP contribution in [0.1, 0.15) is 25.3 Å². The largest absolute Gasteiger partial charge is 0.480 e. The number of carbonyl (C=O) groups is 1. The van der Waals surface area contributed by atoms with Crippen LogP contribution in [0.25, 0.3) is 11.4 Å². The second-order valence-electron chi connectivity index (χ2n) is 6.87. The predicted molar refractivity (Wildman–Crippen MR) is 115 cm³/mol. The number of aliphatic carboxylic acids is 1. The highest BCUT2D eigenvalue weighted by Gasteiger charge is 2.28. The number of hydrogen-bond acceptors (Lipinski definition) is 5. The Labute approximate surface area is 180 Å². The van der Waals surface area contributed by atoms with E-state index in [1.54, 1.807) is 0 Å². The SMILES string of the molecule is CC(C)c1ccc(-c2nccc(N(CC(=O)O)S(=O)(=O)c3ccc(Cl)cc3)n2)cc1. The molecule has 0 aliphatic carbocycles. The minimum absolute atomic E-state index is 0.0368. The second-order valence-corrected chi connectivity index (χ2v) is 9.17. The number of sulfonamides is 1. The number of hydrogen-bond donors (Lipinski definition) is 1. The van der Waals surface area contributed by atoms with Crippen molar-refractivity contribution in [3.63, 3.8) is 0 Å². The van der Waals surface area contributed by atoms with Crippen LogP contribution in [0.3, 0.4) is 0 Å². The van der Waals surface area contributed by atoms with E-state index in [4.69, 9.17) is 11.6 Å². The third kappa shape index (κ3) is 4.77. The van der Waals surface area contributed by atoms with Crippen molar-refractivity contribution in [2.24, 2.45) is 0 Å². The molecule has 0 atom stereocenters. The molecule has 0 saturated heterocycles. The average molecular weight is 446 g/mol. The van der Waals surface area contributed by atoms with Crippen LogP contribution >= 0.6 is 11.6 Å². The van der Waals surface area contributed by atoms with Gasteiger partial charge in [-0.2, -0.15) is 0 Å². The molecule has 9 heteroatoms. The summed E-state index contributed by atoms with van der Waals surface area (Å²) in [6.45, 7) is 3.38. The first kappa shape index (κ1) is 21.7. The third-order valence-electron chi connectivity index (χ3n) is 4.41. The number of aromatic nitrogens is 2. The predicted octanol–water partition coefficient (Wildman–Crippen LogP) is 4.20. The summed E-state index contributed by atoms with van der Waals surface area (Å²) in [4.78, 5) is 19.9. The lowest BCUT2D eigenvalue weighted by Gasteiger charge is -2.22. The van der Waals surface area contributed by atoms with Crippen molar-refractivity contribution in [2.75, 3.05) is 10.8 Å². The van der Waals surface area contributed by atoms with Gasteiger partial charge in [-0.3, -0.25) is 4.79 Å². The maximum atomic E-state index is 13.1. The number of carboxylic acid groups (broad SMARTS) is 1. The van der Waals surface area contributed by atoms with Crippen molar-refractivity contribution in [3.05, 3.63) is 71.4 Å². The Morgan fingerprint density at radius 2 is 1.70 bits per heavy atom. The summed E-state index contributed by atoms with van der Waals surface area (Å²) in [5.74, 6) is -0.689. The monoisotopic (exact) mass is 445 g/mol. The van der Waals surface area contributed by atoms with Crippen LogP contribution in [0.4, 0.5) is 5.82 Å². The highest BCUT2D eigenvalue weighted by molar-refractivity contribution is 7.92. The Balaban J connectivity index is 2.04. The van der Waals surface area contributed by atoms with Crippen LogP contribution in [0.2, 0.25) is 5.02 Å². The lowest BCUT2D eigenvalue weighted by atomic mass is 10.0. The molecule has 3 rings (SSSR count). The van der Waals surface area contributed by atoms with Crippen LogP contribution in [-0.4, -0.2) is 36.0 Å². The molecule has 1 heterocycles. The topological polar surface area (TPSA) is 100 Å². The van der Waals surface area contributed by atoms with Crippen molar-refractivity contribution in [1.82, 2.24) is 9.97 Å². The molecule has 3 aromatic rings. The zero-order valence-electron chi connectivity index (χ0n) is 16.4. The van der Waals surface area contributed by atoms with Crippen molar-refractivity contribution >= 4 is 33.4 Å². The van der Waals surface area contributed by atoms with Gasteiger partial charge in [0.25, 0.3) is 10.0 Å². The number of anilines is 1. The Hall–Kier alpha value is -2.97. The van der Waals surface area contributed by atoms with E-state index in [9.17, 15) is 18.3 Å². The number of rotatable bonds is 7. The second kappa shape index (κ2) is 8.81. The molecule has 0 aliphatic heterocycles. The van der Waals surface area contributed by atoms with E-state index in [1.165, 1.54) is 36.5 Å². The van der Waals surface area contributed by atoms with Gasteiger partial charge in [0.1, 0.15) is 12.4 Å². The van der Waals surface area contributed by atoms with E-state index in [0.717, 1.165) is 9.87 Å². The standard InChI is InChI=1S/C21H20ClN3O4S/c1-14(2)15-3-5-16(6-4-15)21-23-12-11-19(24-21)25(13-20(26)27)30(28,29)18-9-7-17(22)8-10-18/h3-12,14H,13H2,1-2H3,(H,26,27). The average Bonchev–Trinajstić information content (AvgIpc) is 2.72. The first-order valence-corrected chi connectivity index (χ1v) is 10.9. The van der Waals surface area contributed by atoms with Crippen LogP contribution in [0.5, 0.6) is 0 Å². The van der Waals surface area contributed by atoms with Gasteiger partial charge in [0.2, 0.25) is 0 Å². The molecule has 1 aromatic heterocycles. The summed E-state index contributed by atoms with van der Waals surface area (Å²) in [6.07, 6.45) is 1.40. The van der Waals surface area contributed by atoms with Crippen LogP contribution < -0.4 is 4.31 Å². The van der Waals surface area contributed by atoms with Gasteiger partial charge >= 0.3 is 5.97 Å². The minimum atomic E-state index is -4.18. The Kier molecular flexibility index (Phi) is 6.38. The van der Waals surface area contributed by atoms with Gasteiger partial charge in [-0.15, -0.1) is 0 Å². The first-order chi connectivity index (χ1) is 14.2. The van der Waals surface area contributed by atoms with Crippen molar-refractivity contribution in [3.8, 4) is 11.4 Å². The van der Waals surface area contributed by atoms with Gasteiger partial charge in [0.05, 0.1) is 4.90 Å². The fourth-order valence-electron chi connectivity index (χ4n) is 2.79. The highest BCUT2D eigenvalue weighted by atomic mass is 35.5. The Morgan fingerprint density at radius 1 is 1.07 bits per heavy atom. The zero-order chi connectivity index (χ0) is 21.9. The molecular weight excluding hydrogens is 426 g/mol. The lowest BCUT2D eigenvalue weighted by molar-refractivity contribution is -0.135. The van der Waals surface area contributed by atoms with E-state index in [2.05, 4.69) is 23.8 Å². The zero-order valence-corrected chi connectivity index (χ0v) is 17.9. The van der Waals surface area contributed by atoms with E-state index < -0.39 is 22.5 Å². The summed E-state index contributed by atoms with van der Waals surface area (Å²) < 4.78 is 27.0. The maximum absolute atomic E-state index is 13.1. The fraction of sp³-hybridized carbons (Fsp3) is 0.190. The van der Waals surface area contributed by atoms with Crippen LogP contribution in [0.15, 0.2) is 65.7 Å². The van der Waals surface area contributed by atoms with E-state index in [1.807, 2.05) is 24.3 Å². The number of benzene rings is 2. The molecule has 0 fully saturated rings. The summed E-state index contributed by atoms with van der Waals surface area (Å²) in [5.41, 5.74) is 1.84. The minimum Gasteiger partial charge on any atom is -0.480 e. The number of carboxylic acids is 1. The van der Waals surface area contributed by atoms with Crippen molar-refractivity contribution in [1.29, 1.82) is 0 Å². The number of halogens is 1. The molecular formula is C21H20ClN3O4S. The first-order valence-electron chi connectivity index (χ1n) is 9.12. The maximum Gasteiger partial charge on any atom is 0.324 e. The molecule has 0 spiro atoms.